The molecule has 0 unspecified atom stereocenters. The maximum Gasteiger partial charge on any atom is 0.268 e. The highest BCUT2D eigenvalue weighted by atomic mass is 19.1. The Morgan fingerprint density at radius 1 is 1.13 bits per heavy atom. The van der Waals surface area contributed by atoms with Crippen LogP contribution < -0.4 is 10.9 Å². The Bertz CT molecular complexity index is 1240. The van der Waals surface area contributed by atoms with Crippen molar-refractivity contribution in [2.45, 2.75) is 46.1 Å². The normalized spacial score (nSPS) is 13.0. The Balaban J connectivity index is 1.61. The lowest BCUT2D eigenvalue weighted by Crippen LogP contribution is -2.34. The van der Waals surface area contributed by atoms with Crippen molar-refractivity contribution >= 4 is 5.91 Å². The van der Waals surface area contributed by atoms with Crippen LogP contribution in [-0.4, -0.2) is 20.4 Å². The van der Waals surface area contributed by atoms with Crippen LogP contribution in [0.25, 0.3) is 5.69 Å². The number of rotatable bonds is 4. The first-order valence-electron chi connectivity index (χ1n) is 10.2. The molecule has 6 nitrogen and oxygen atoms in total. The summed E-state index contributed by atoms with van der Waals surface area (Å²) in [5, 5.41) is 2.69. The Labute approximate surface area is 178 Å². The van der Waals surface area contributed by atoms with E-state index in [-0.39, 0.29) is 17.8 Å². The zero-order chi connectivity index (χ0) is 22.1. The average molecular weight is 424 g/mol. The number of hydrogen-bond donors (Lipinski definition) is 1. The van der Waals surface area contributed by atoms with Crippen LogP contribution in [0.1, 0.15) is 51.5 Å². The van der Waals surface area contributed by atoms with Crippen LogP contribution in [0.2, 0.25) is 0 Å². The van der Waals surface area contributed by atoms with Gasteiger partial charge in [0.2, 0.25) is 0 Å². The standard InChI is InChI=1S/C23H22F2N4O2/c1-13-9-10-29(19-11-15(24)7-8-17(19)25)23(31)21(13)22(30)26-12-20-27-14(2)16-5-3-4-6-18(16)28-20/h7-11H,3-6,12H2,1-2H3,(H,26,30). The first-order valence-corrected chi connectivity index (χ1v) is 10.2. The van der Waals surface area contributed by atoms with E-state index in [1.54, 1.807) is 6.92 Å². The van der Waals surface area contributed by atoms with E-state index < -0.39 is 23.1 Å². The molecule has 2 aromatic heterocycles. The van der Waals surface area contributed by atoms with Gasteiger partial charge >= 0.3 is 0 Å². The number of pyridine rings is 1. The molecule has 0 spiro atoms. The molecule has 0 fully saturated rings. The molecule has 0 atom stereocenters. The van der Waals surface area contributed by atoms with E-state index >= 15 is 0 Å². The molecular weight excluding hydrogens is 402 g/mol. The first-order chi connectivity index (χ1) is 14.8. The minimum absolute atomic E-state index is 0.0645. The van der Waals surface area contributed by atoms with E-state index in [0.29, 0.717) is 11.4 Å². The number of fused-ring (bicyclic) bond motifs is 1. The first kappa shape index (κ1) is 20.8. The van der Waals surface area contributed by atoms with Gasteiger partial charge in [0, 0.05) is 23.7 Å². The molecule has 1 aliphatic rings. The summed E-state index contributed by atoms with van der Waals surface area (Å²) in [5.41, 5.74) is 2.41. The zero-order valence-corrected chi connectivity index (χ0v) is 17.3. The molecular formula is C23H22F2N4O2. The van der Waals surface area contributed by atoms with E-state index in [2.05, 4.69) is 15.3 Å². The second-order valence-electron chi connectivity index (χ2n) is 7.68. The van der Waals surface area contributed by atoms with Crippen LogP contribution in [0.5, 0.6) is 0 Å². The van der Waals surface area contributed by atoms with Gasteiger partial charge in [0.1, 0.15) is 23.0 Å². The lowest BCUT2D eigenvalue weighted by Gasteiger charge is -2.17. The smallest absolute Gasteiger partial charge is 0.268 e. The molecule has 0 saturated carbocycles. The van der Waals surface area contributed by atoms with Crippen LogP contribution in [-0.2, 0) is 19.4 Å². The van der Waals surface area contributed by atoms with Crippen LogP contribution >= 0.6 is 0 Å². The number of halogens is 2. The molecule has 0 radical (unpaired) electrons. The monoisotopic (exact) mass is 424 g/mol. The third kappa shape index (κ3) is 4.10. The highest BCUT2D eigenvalue weighted by Gasteiger charge is 2.20. The number of nitrogens with zero attached hydrogens (tertiary/aromatic N) is 3. The molecule has 1 aliphatic carbocycles. The number of hydrogen-bond acceptors (Lipinski definition) is 4. The zero-order valence-electron chi connectivity index (χ0n) is 17.3. The van der Waals surface area contributed by atoms with Gasteiger partial charge < -0.3 is 5.32 Å². The molecule has 1 amide bonds. The minimum Gasteiger partial charge on any atom is -0.345 e. The summed E-state index contributed by atoms with van der Waals surface area (Å²) in [6.07, 6.45) is 5.38. The van der Waals surface area contributed by atoms with E-state index in [0.717, 1.165) is 59.8 Å². The van der Waals surface area contributed by atoms with Gasteiger partial charge in [0.05, 0.1) is 12.2 Å². The number of aromatic nitrogens is 3. The van der Waals surface area contributed by atoms with Gasteiger partial charge in [-0.25, -0.2) is 18.7 Å². The number of amides is 1. The van der Waals surface area contributed by atoms with Gasteiger partial charge in [-0.15, -0.1) is 0 Å². The SMILES string of the molecule is Cc1ccn(-c2cc(F)ccc2F)c(=O)c1C(=O)NCc1nc(C)c2c(n1)CCCC2. The fourth-order valence-electron chi connectivity index (χ4n) is 3.93. The van der Waals surface area contributed by atoms with Gasteiger partial charge in [0.25, 0.3) is 11.5 Å². The quantitative estimate of drug-likeness (QED) is 0.697. The third-order valence-corrected chi connectivity index (χ3v) is 5.54. The van der Waals surface area contributed by atoms with Gasteiger partial charge in [0.15, 0.2) is 0 Å². The number of benzene rings is 1. The Morgan fingerprint density at radius 3 is 2.71 bits per heavy atom. The van der Waals surface area contributed by atoms with Crippen LogP contribution in [0.15, 0.2) is 35.3 Å². The maximum atomic E-state index is 14.2. The Kier molecular flexibility index (Phi) is 5.63. The Morgan fingerprint density at radius 2 is 1.90 bits per heavy atom. The van der Waals surface area contributed by atoms with E-state index in [1.807, 2.05) is 6.92 Å². The van der Waals surface area contributed by atoms with Crippen molar-refractivity contribution < 1.29 is 13.6 Å². The largest absolute Gasteiger partial charge is 0.345 e. The number of carbonyl (C=O) groups is 1. The van der Waals surface area contributed by atoms with Crippen molar-refractivity contribution in [2.24, 2.45) is 0 Å². The van der Waals surface area contributed by atoms with Gasteiger partial charge in [-0.1, -0.05) is 0 Å². The van der Waals surface area contributed by atoms with Gasteiger partial charge in [-0.3, -0.25) is 14.2 Å². The van der Waals surface area contributed by atoms with E-state index in [4.69, 9.17) is 0 Å². The molecule has 3 aromatic rings. The molecule has 0 saturated heterocycles. The van der Waals surface area contributed by atoms with Crippen molar-refractivity contribution in [3.63, 3.8) is 0 Å². The van der Waals surface area contributed by atoms with E-state index in [1.165, 1.54) is 17.8 Å². The number of aryl methyl sites for hydroxylation is 3. The maximum absolute atomic E-state index is 14.2. The summed E-state index contributed by atoms with van der Waals surface area (Å²) >= 11 is 0. The fourth-order valence-corrected chi connectivity index (χ4v) is 3.93. The molecule has 0 aliphatic heterocycles. The molecule has 1 aromatic carbocycles. The van der Waals surface area contributed by atoms with E-state index in [9.17, 15) is 18.4 Å². The molecule has 160 valence electrons. The van der Waals surface area contributed by atoms with Crippen molar-refractivity contribution in [2.75, 3.05) is 0 Å². The fraction of sp³-hybridized carbons (Fsp3) is 0.304. The summed E-state index contributed by atoms with van der Waals surface area (Å²) in [5.74, 6) is -1.59. The average Bonchev–Trinajstić information content (AvgIpc) is 2.74. The van der Waals surface area contributed by atoms with Gasteiger partial charge in [-0.2, -0.15) is 0 Å². The summed E-state index contributed by atoms with van der Waals surface area (Å²) in [6.45, 7) is 3.61. The summed E-state index contributed by atoms with van der Waals surface area (Å²) < 4.78 is 28.7. The third-order valence-electron chi connectivity index (χ3n) is 5.54. The molecule has 31 heavy (non-hydrogen) atoms. The lowest BCUT2D eigenvalue weighted by molar-refractivity contribution is 0.0947. The molecule has 0 bridgehead atoms. The second kappa shape index (κ2) is 8.37. The molecule has 2 heterocycles. The second-order valence-corrected chi connectivity index (χ2v) is 7.68. The number of nitrogens with one attached hydrogen (secondary N) is 1. The highest BCUT2D eigenvalue weighted by Crippen LogP contribution is 2.21. The van der Waals surface area contributed by atoms with Crippen LogP contribution in [0.3, 0.4) is 0 Å². The predicted molar refractivity (Wildman–Crippen MR) is 111 cm³/mol. The summed E-state index contributed by atoms with van der Waals surface area (Å²) in [4.78, 5) is 34.8. The van der Waals surface area contributed by atoms with Crippen molar-refractivity contribution in [3.05, 3.63) is 86.4 Å². The molecule has 4 rings (SSSR count). The lowest BCUT2D eigenvalue weighted by atomic mass is 9.95. The van der Waals surface area contributed by atoms with Gasteiger partial charge in [-0.05, 0) is 68.9 Å². The van der Waals surface area contributed by atoms with Crippen molar-refractivity contribution in [3.8, 4) is 5.69 Å². The van der Waals surface area contributed by atoms with Crippen LogP contribution in [0.4, 0.5) is 8.78 Å². The molecule has 8 heteroatoms. The summed E-state index contributed by atoms with van der Waals surface area (Å²) in [7, 11) is 0. The Hall–Kier alpha value is -3.42. The highest BCUT2D eigenvalue weighted by molar-refractivity contribution is 5.95. The molecule has 1 N–H and O–H groups in total. The van der Waals surface area contributed by atoms with Crippen molar-refractivity contribution in [1.82, 2.24) is 19.9 Å². The van der Waals surface area contributed by atoms with Crippen molar-refractivity contribution in [1.29, 1.82) is 0 Å². The number of carbonyl (C=O) groups excluding carboxylic acids is 1. The summed E-state index contributed by atoms with van der Waals surface area (Å²) in [6, 6.07) is 4.33. The minimum atomic E-state index is -0.767. The van der Waals surface area contributed by atoms with Crippen LogP contribution in [0, 0.1) is 25.5 Å². The predicted octanol–water partition coefficient (Wildman–Crippen LogP) is 3.33. The topological polar surface area (TPSA) is 76.9 Å².